The van der Waals surface area contributed by atoms with E-state index in [9.17, 15) is 9.59 Å². The number of carbonyl (C=O) groups excluding carboxylic acids is 1. The number of hydrogen-bond donors (Lipinski definition) is 2. The van der Waals surface area contributed by atoms with Crippen molar-refractivity contribution in [3.05, 3.63) is 51.7 Å². The van der Waals surface area contributed by atoms with Crippen LogP contribution in [0.1, 0.15) is 27.7 Å². The summed E-state index contributed by atoms with van der Waals surface area (Å²) in [5, 5.41) is 13.4. The van der Waals surface area contributed by atoms with E-state index in [-0.39, 0.29) is 12.5 Å². The number of aryl methyl sites for hydroxylation is 1. The molecule has 122 valence electrons. The van der Waals surface area contributed by atoms with Crippen LogP contribution in [-0.4, -0.2) is 30.1 Å². The van der Waals surface area contributed by atoms with Crippen LogP contribution in [0.3, 0.4) is 0 Å². The number of carboxylic acids is 1. The summed E-state index contributed by atoms with van der Waals surface area (Å²) >= 11 is 1.46. The second-order valence-corrected chi connectivity index (χ2v) is 5.88. The molecule has 0 aliphatic rings. The molecule has 0 saturated carbocycles. The van der Waals surface area contributed by atoms with E-state index < -0.39 is 5.97 Å². The van der Waals surface area contributed by atoms with Gasteiger partial charge < -0.3 is 15.2 Å². The van der Waals surface area contributed by atoms with Gasteiger partial charge in [-0.2, -0.15) is 0 Å². The fraction of sp³-hybridized carbons (Fsp3) is 0.294. The van der Waals surface area contributed by atoms with Gasteiger partial charge in [-0.1, -0.05) is 19.1 Å². The maximum absolute atomic E-state index is 12.1. The van der Waals surface area contributed by atoms with Gasteiger partial charge in [-0.15, -0.1) is 11.3 Å². The summed E-state index contributed by atoms with van der Waals surface area (Å²) in [5.41, 5.74) is 2.13. The molecule has 6 heteroatoms. The van der Waals surface area contributed by atoms with Crippen molar-refractivity contribution in [2.45, 2.75) is 19.8 Å². The number of aliphatic carboxylic acids is 1. The average molecular weight is 333 g/mol. The summed E-state index contributed by atoms with van der Waals surface area (Å²) in [7, 11) is 0. The van der Waals surface area contributed by atoms with Crippen molar-refractivity contribution < 1.29 is 19.4 Å². The van der Waals surface area contributed by atoms with Gasteiger partial charge in [0.15, 0.2) is 6.61 Å². The van der Waals surface area contributed by atoms with Crippen LogP contribution in [0.5, 0.6) is 5.75 Å². The van der Waals surface area contributed by atoms with E-state index >= 15 is 0 Å². The molecule has 0 radical (unpaired) electrons. The maximum Gasteiger partial charge on any atom is 0.341 e. The zero-order chi connectivity index (χ0) is 16.7. The Balaban J connectivity index is 1.80. The molecule has 2 aromatic rings. The van der Waals surface area contributed by atoms with Crippen molar-refractivity contribution in [1.29, 1.82) is 0 Å². The fourth-order valence-electron chi connectivity index (χ4n) is 2.11. The Morgan fingerprint density at radius 1 is 1.22 bits per heavy atom. The predicted molar refractivity (Wildman–Crippen MR) is 89.3 cm³/mol. The van der Waals surface area contributed by atoms with Crippen LogP contribution < -0.4 is 10.1 Å². The average Bonchev–Trinajstić information content (AvgIpc) is 3.02. The first-order chi connectivity index (χ1) is 11.1. The molecule has 1 amide bonds. The summed E-state index contributed by atoms with van der Waals surface area (Å²) in [6, 6.07) is 9.18. The predicted octanol–water partition coefficient (Wildman–Crippen LogP) is 2.75. The normalized spacial score (nSPS) is 10.3. The van der Waals surface area contributed by atoms with Crippen LogP contribution in [0.25, 0.3) is 0 Å². The lowest BCUT2D eigenvalue weighted by Crippen LogP contribution is -2.25. The molecular formula is C17H19NO4S. The van der Waals surface area contributed by atoms with E-state index in [4.69, 9.17) is 9.84 Å². The van der Waals surface area contributed by atoms with Crippen molar-refractivity contribution in [2.75, 3.05) is 13.2 Å². The van der Waals surface area contributed by atoms with Crippen molar-refractivity contribution in [2.24, 2.45) is 0 Å². The van der Waals surface area contributed by atoms with Gasteiger partial charge >= 0.3 is 5.97 Å². The number of carbonyl (C=O) groups is 2. The summed E-state index contributed by atoms with van der Waals surface area (Å²) < 4.78 is 5.07. The molecular weight excluding hydrogens is 314 g/mol. The lowest BCUT2D eigenvalue weighted by molar-refractivity contribution is -0.139. The smallest absolute Gasteiger partial charge is 0.341 e. The molecule has 1 aromatic heterocycles. The van der Waals surface area contributed by atoms with Gasteiger partial charge in [0, 0.05) is 6.54 Å². The molecule has 0 fully saturated rings. The van der Waals surface area contributed by atoms with E-state index in [1.54, 1.807) is 12.1 Å². The minimum Gasteiger partial charge on any atom is -0.482 e. The Bertz CT molecular complexity index is 663. The standard InChI is InChI=1S/C17H19NO4S/c1-2-13-8-10-23-16(13)17(21)18-9-7-12-3-5-14(6-4-12)22-11-15(19)20/h3-6,8,10H,2,7,9,11H2,1H3,(H,18,21)(H,19,20). The molecule has 1 aromatic carbocycles. The molecule has 0 spiro atoms. The van der Waals surface area contributed by atoms with Gasteiger partial charge in [0.2, 0.25) is 0 Å². The van der Waals surface area contributed by atoms with Gasteiger partial charge in [-0.25, -0.2) is 4.79 Å². The zero-order valence-corrected chi connectivity index (χ0v) is 13.7. The maximum atomic E-state index is 12.1. The first-order valence-electron chi connectivity index (χ1n) is 7.38. The molecule has 1 heterocycles. The third kappa shape index (κ3) is 5.10. The number of nitrogens with one attached hydrogen (secondary N) is 1. The number of benzene rings is 1. The van der Waals surface area contributed by atoms with Crippen LogP contribution in [0.4, 0.5) is 0 Å². The number of thiophene rings is 1. The van der Waals surface area contributed by atoms with Crippen molar-refractivity contribution in [3.8, 4) is 5.75 Å². The van der Waals surface area contributed by atoms with Crippen LogP contribution in [0.2, 0.25) is 0 Å². The second-order valence-electron chi connectivity index (χ2n) is 4.96. The third-order valence-electron chi connectivity index (χ3n) is 3.32. The van der Waals surface area contributed by atoms with Crippen molar-refractivity contribution in [3.63, 3.8) is 0 Å². The highest BCUT2D eigenvalue weighted by Gasteiger charge is 2.11. The Morgan fingerprint density at radius 3 is 2.61 bits per heavy atom. The van der Waals surface area contributed by atoms with Crippen LogP contribution in [0.15, 0.2) is 35.7 Å². The highest BCUT2D eigenvalue weighted by molar-refractivity contribution is 7.12. The SMILES string of the molecule is CCc1ccsc1C(=O)NCCc1ccc(OCC(=O)O)cc1. The zero-order valence-electron chi connectivity index (χ0n) is 12.9. The minimum absolute atomic E-state index is 0.0294. The molecule has 2 N–H and O–H groups in total. The minimum atomic E-state index is -1.00. The molecule has 0 unspecified atom stereocenters. The topological polar surface area (TPSA) is 75.6 Å². The molecule has 0 atom stereocenters. The highest BCUT2D eigenvalue weighted by atomic mass is 32.1. The van der Waals surface area contributed by atoms with E-state index in [1.165, 1.54) is 11.3 Å². The Labute approximate surface area is 138 Å². The van der Waals surface area contributed by atoms with Crippen LogP contribution in [0, 0.1) is 0 Å². The Morgan fingerprint density at radius 2 is 1.96 bits per heavy atom. The molecule has 0 bridgehead atoms. The highest BCUT2D eigenvalue weighted by Crippen LogP contribution is 2.17. The van der Waals surface area contributed by atoms with Gasteiger partial charge in [0.05, 0.1) is 4.88 Å². The third-order valence-corrected chi connectivity index (χ3v) is 4.27. The number of amides is 1. The Kier molecular flexibility index (Phi) is 6.17. The second kappa shape index (κ2) is 8.33. The molecule has 0 saturated heterocycles. The van der Waals surface area contributed by atoms with Crippen molar-refractivity contribution in [1.82, 2.24) is 5.32 Å². The molecule has 0 aliphatic carbocycles. The lowest BCUT2D eigenvalue weighted by Gasteiger charge is -2.07. The molecule has 0 aliphatic heterocycles. The van der Waals surface area contributed by atoms with Crippen molar-refractivity contribution >= 4 is 23.2 Å². The quantitative estimate of drug-likeness (QED) is 0.779. The number of ether oxygens (including phenoxy) is 1. The van der Waals surface area contributed by atoms with Gasteiger partial charge in [0.1, 0.15) is 5.75 Å². The summed E-state index contributed by atoms with van der Waals surface area (Å²) in [4.78, 5) is 23.3. The van der Waals surface area contributed by atoms with Gasteiger partial charge in [-0.3, -0.25) is 4.79 Å². The van der Waals surface area contributed by atoms with E-state index in [2.05, 4.69) is 5.32 Å². The van der Waals surface area contributed by atoms with Crippen LogP contribution >= 0.6 is 11.3 Å². The van der Waals surface area contributed by atoms with Gasteiger partial charge in [0.25, 0.3) is 5.91 Å². The first-order valence-corrected chi connectivity index (χ1v) is 8.26. The fourth-order valence-corrected chi connectivity index (χ4v) is 3.02. The van der Waals surface area contributed by atoms with E-state index in [1.807, 2.05) is 30.5 Å². The molecule has 2 rings (SSSR count). The monoisotopic (exact) mass is 333 g/mol. The first kappa shape index (κ1) is 17.0. The number of hydrogen-bond acceptors (Lipinski definition) is 4. The van der Waals surface area contributed by atoms with Crippen LogP contribution in [-0.2, 0) is 17.6 Å². The molecule has 23 heavy (non-hydrogen) atoms. The summed E-state index contributed by atoms with van der Waals surface area (Å²) in [5.74, 6) is -0.513. The Hall–Kier alpha value is -2.34. The van der Waals surface area contributed by atoms with E-state index in [0.29, 0.717) is 18.7 Å². The van der Waals surface area contributed by atoms with Gasteiger partial charge in [-0.05, 0) is 47.5 Å². The largest absolute Gasteiger partial charge is 0.482 e. The van der Waals surface area contributed by atoms with E-state index in [0.717, 1.165) is 22.4 Å². The summed E-state index contributed by atoms with van der Waals surface area (Å²) in [6.07, 6.45) is 1.56. The number of rotatable bonds is 8. The lowest BCUT2D eigenvalue weighted by atomic mass is 10.1. The summed E-state index contributed by atoms with van der Waals surface area (Å²) in [6.45, 7) is 2.23. The molecule has 5 nitrogen and oxygen atoms in total. The number of carboxylic acid groups (broad SMARTS) is 1.